The summed E-state index contributed by atoms with van der Waals surface area (Å²) in [6.07, 6.45) is 8.51. The highest BCUT2D eigenvalue weighted by atomic mass is 35.5. The number of nitrogens with two attached hydrogens (primary N) is 1. The molecule has 2 rings (SSSR count). The molecule has 1 aliphatic rings. The Balaban J connectivity index is 0.00000220. The van der Waals surface area contributed by atoms with Crippen LogP contribution >= 0.6 is 24.2 Å². The fourth-order valence-corrected chi connectivity index (χ4v) is 3.10. The van der Waals surface area contributed by atoms with Gasteiger partial charge in [-0.3, -0.25) is 9.48 Å². The summed E-state index contributed by atoms with van der Waals surface area (Å²) >= 11 is 1.73. The summed E-state index contributed by atoms with van der Waals surface area (Å²) in [5.74, 6) is 1.48. The lowest BCUT2D eigenvalue weighted by Crippen LogP contribution is -2.48. The van der Waals surface area contributed by atoms with Crippen LogP contribution in [0.5, 0.6) is 0 Å². The lowest BCUT2D eigenvalue weighted by Gasteiger charge is -2.34. The summed E-state index contributed by atoms with van der Waals surface area (Å²) < 4.78 is 1.84. The first-order valence-corrected chi connectivity index (χ1v) is 8.47. The van der Waals surface area contributed by atoms with Gasteiger partial charge in [0.1, 0.15) is 0 Å². The summed E-state index contributed by atoms with van der Waals surface area (Å²) in [6, 6.07) is -0.354. The SMILES string of the molecule is CSCCC(N)C(=O)N1CCCC(Cn2ccnn2)C1.Cl. The van der Waals surface area contributed by atoms with Crippen LogP contribution in [-0.2, 0) is 11.3 Å². The average molecular weight is 334 g/mol. The van der Waals surface area contributed by atoms with E-state index in [0.717, 1.165) is 44.6 Å². The van der Waals surface area contributed by atoms with Crippen molar-refractivity contribution in [3.8, 4) is 0 Å². The third kappa shape index (κ3) is 5.48. The molecule has 0 saturated carbocycles. The Kier molecular flexibility index (Phi) is 8.06. The molecule has 2 N–H and O–H groups in total. The topological polar surface area (TPSA) is 77.0 Å². The Morgan fingerprint density at radius 2 is 2.38 bits per heavy atom. The number of hydrogen-bond donors (Lipinski definition) is 1. The van der Waals surface area contributed by atoms with E-state index in [4.69, 9.17) is 5.73 Å². The molecular formula is C13H24ClN5OS. The van der Waals surface area contributed by atoms with Gasteiger partial charge in [0.25, 0.3) is 0 Å². The molecule has 2 heterocycles. The standard InChI is InChI=1S/C13H23N5OS.ClH/c1-20-8-4-12(14)13(19)17-6-2-3-11(9-17)10-18-7-5-15-16-18;/h5,7,11-12H,2-4,6,8-10,14H2,1H3;1H. The molecule has 21 heavy (non-hydrogen) atoms. The van der Waals surface area contributed by atoms with E-state index in [9.17, 15) is 4.79 Å². The molecule has 6 nitrogen and oxygen atoms in total. The summed E-state index contributed by atoms with van der Waals surface area (Å²) in [4.78, 5) is 14.2. The number of hydrogen-bond acceptors (Lipinski definition) is 5. The minimum Gasteiger partial charge on any atom is -0.341 e. The monoisotopic (exact) mass is 333 g/mol. The second kappa shape index (κ2) is 9.27. The van der Waals surface area contributed by atoms with E-state index < -0.39 is 0 Å². The second-order valence-electron chi connectivity index (χ2n) is 5.31. The zero-order valence-electron chi connectivity index (χ0n) is 12.4. The molecule has 2 unspecified atom stereocenters. The molecule has 0 aliphatic carbocycles. The molecular weight excluding hydrogens is 310 g/mol. The molecule has 1 fully saturated rings. The van der Waals surface area contributed by atoms with Crippen LogP contribution in [0.3, 0.4) is 0 Å². The van der Waals surface area contributed by atoms with Crippen molar-refractivity contribution < 1.29 is 4.79 Å². The predicted octanol–water partition coefficient (Wildman–Crippen LogP) is 1.02. The molecule has 0 spiro atoms. The maximum Gasteiger partial charge on any atom is 0.239 e. The van der Waals surface area contributed by atoms with Gasteiger partial charge in [-0.2, -0.15) is 11.8 Å². The quantitative estimate of drug-likeness (QED) is 0.841. The van der Waals surface area contributed by atoms with Crippen molar-refractivity contribution >= 4 is 30.1 Å². The number of nitrogens with zero attached hydrogens (tertiary/aromatic N) is 4. The maximum absolute atomic E-state index is 12.3. The Hall–Kier alpha value is -0.790. The third-order valence-electron chi connectivity index (χ3n) is 3.70. The van der Waals surface area contributed by atoms with E-state index in [0.29, 0.717) is 5.92 Å². The smallest absolute Gasteiger partial charge is 0.239 e. The van der Waals surface area contributed by atoms with Gasteiger partial charge >= 0.3 is 0 Å². The number of piperidine rings is 1. The number of rotatable bonds is 6. The summed E-state index contributed by atoms with van der Waals surface area (Å²) in [6.45, 7) is 2.44. The number of halogens is 1. The fraction of sp³-hybridized carbons (Fsp3) is 0.769. The Labute approximate surface area is 136 Å². The maximum atomic E-state index is 12.3. The number of carbonyl (C=O) groups is 1. The summed E-state index contributed by atoms with van der Waals surface area (Å²) in [5, 5.41) is 7.81. The van der Waals surface area contributed by atoms with Gasteiger partial charge in [0.05, 0.1) is 12.2 Å². The molecule has 120 valence electrons. The first-order chi connectivity index (χ1) is 9.70. The van der Waals surface area contributed by atoms with E-state index in [2.05, 4.69) is 10.3 Å². The number of thioether (sulfide) groups is 1. The minimum atomic E-state index is -0.354. The van der Waals surface area contributed by atoms with Gasteiger partial charge < -0.3 is 10.6 Å². The van der Waals surface area contributed by atoms with Crippen LogP contribution in [0.25, 0.3) is 0 Å². The van der Waals surface area contributed by atoms with Crippen molar-refractivity contribution in [2.45, 2.75) is 31.8 Å². The van der Waals surface area contributed by atoms with Crippen LogP contribution in [0.1, 0.15) is 19.3 Å². The van der Waals surface area contributed by atoms with E-state index in [1.807, 2.05) is 22.0 Å². The highest BCUT2D eigenvalue weighted by Gasteiger charge is 2.27. The summed E-state index contributed by atoms with van der Waals surface area (Å²) in [5.41, 5.74) is 5.98. The molecule has 1 aromatic rings. The van der Waals surface area contributed by atoms with Gasteiger partial charge in [-0.15, -0.1) is 17.5 Å². The van der Waals surface area contributed by atoms with Crippen LogP contribution in [-0.4, -0.2) is 56.9 Å². The van der Waals surface area contributed by atoms with Gasteiger partial charge in [0, 0.05) is 25.8 Å². The van der Waals surface area contributed by atoms with Crippen molar-refractivity contribution in [2.24, 2.45) is 11.7 Å². The Morgan fingerprint density at radius 1 is 1.57 bits per heavy atom. The minimum absolute atomic E-state index is 0. The molecule has 8 heteroatoms. The van der Waals surface area contributed by atoms with E-state index >= 15 is 0 Å². The number of carbonyl (C=O) groups excluding carboxylic acids is 1. The molecule has 0 bridgehead atoms. The lowest BCUT2D eigenvalue weighted by atomic mass is 9.97. The normalized spacial score (nSPS) is 19.9. The highest BCUT2D eigenvalue weighted by molar-refractivity contribution is 7.98. The number of aromatic nitrogens is 3. The highest BCUT2D eigenvalue weighted by Crippen LogP contribution is 2.19. The molecule has 2 atom stereocenters. The molecule has 1 saturated heterocycles. The zero-order valence-corrected chi connectivity index (χ0v) is 14.0. The second-order valence-corrected chi connectivity index (χ2v) is 6.29. The Morgan fingerprint density at radius 3 is 3.05 bits per heavy atom. The number of amides is 1. The van der Waals surface area contributed by atoms with Gasteiger partial charge in [-0.25, -0.2) is 0 Å². The third-order valence-corrected chi connectivity index (χ3v) is 4.34. The summed E-state index contributed by atoms with van der Waals surface area (Å²) in [7, 11) is 0. The molecule has 1 aromatic heterocycles. The first kappa shape index (κ1) is 18.3. The molecule has 1 aliphatic heterocycles. The van der Waals surface area contributed by atoms with Crippen LogP contribution in [0.15, 0.2) is 12.4 Å². The van der Waals surface area contributed by atoms with Gasteiger partial charge in [0.2, 0.25) is 5.91 Å². The van der Waals surface area contributed by atoms with Crippen LogP contribution < -0.4 is 5.73 Å². The largest absolute Gasteiger partial charge is 0.341 e. The molecule has 1 amide bonds. The van der Waals surface area contributed by atoms with Gasteiger partial charge in [-0.05, 0) is 37.2 Å². The van der Waals surface area contributed by atoms with Crippen molar-refractivity contribution in [1.82, 2.24) is 19.9 Å². The van der Waals surface area contributed by atoms with E-state index in [1.165, 1.54) is 0 Å². The van der Waals surface area contributed by atoms with Gasteiger partial charge in [0.15, 0.2) is 0 Å². The number of likely N-dealkylation sites (tertiary alicyclic amines) is 1. The molecule has 0 aromatic carbocycles. The van der Waals surface area contributed by atoms with Crippen molar-refractivity contribution in [2.75, 3.05) is 25.1 Å². The van der Waals surface area contributed by atoms with Crippen molar-refractivity contribution in [3.05, 3.63) is 12.4 Å². The lowest BCUT2D eigenvalue weighted by molar-refractivity contribution is -0.134. The zero-order chi connectivity index (χ0) is 14.4. The molecule has 0 radical (unpaired) electrons. The Bertz CT molecular complexity index is 417. The van der Waals surface area contributed by atoms with Crippen LogP contribution in [0.2, 0.25) is 0 Å². The van der Waals surface area contributed by atoms with Gasteiger partial charge in [-0.1, -0.05) is 5.21 Å². The van der Waals surface area contributed by atoms with E-state index in [1.54, 1.807) is 18.0 Å². The van der Waals surface area contributed by atoms with Crippen molar-refractivity contribution in [3.63, 3.8) is 0 Å². The average Bonchev–Trinajstić information content (AvgIpc) is 2.97. The first-order valence-electron chi connectivity index (χ1n) is 7.08. The van der Waals surface area contributed by atoms with E-state index in [-0.39, 0.29) is 24.4 Å². The fourth-order valence-electron chi connectivity index (χ4n) is 2.61. The van der Waals surface area contributed by atoms with Crippen molar-refractivity contribution in [1.29, 1.82) is 0 Å². The van der Waals surface area contributed by atoms with Crippen LogP contribution in [0, 0.1) is 5.92 Å². The van der Waals surface area contributed by atoms with Crippen LogP contribution in [0.4, 0.5) is 0 Å². The predicted molar refractivity (Wildman–Crippen MR) is 87.5 cm³/mol.